The van der Waals surface area contributed by atoms with Crippen LogP contribution in [0.4, 0.5) is 4.79 Å². The molecule has 0 spiro atoms. The standard InChI is InChI=1S/C25H47N4O9PS/c1-19(30)35-16-21(38-20(2)31)17-37-39(33,34)36-15-14-27-13-8-4-3-7-11-26-12-9-5-6-10-23-24-22(18-40-23)28-25(32)29-24/h21-24,26-27H,3-18H2,1-2H3,(H,33,34)(H2,28,29,32)/t21?,22-,23?,24-/m0/s1. The lowest BCUT2D eigenvalue weighted by molar-refractivity contribution is -0.158. The van der Waals surface area contributed by atoms with Crippen LogP contribution in [-0.2, 0) is 32.7 Å². The molecule has 2 heterocycles. The summed E-state index contributed by atoms with van der Waals surface area (Å²) in [5.41, 5.74) is 0. The Balaban J connectivity index is 1.34. The van der Waals surface area contributed by atoms with E-state index in [1.165, 1.54) is 33.1 Å². The summed E-state index contributed by atoms with van der Waals surface area (Å²) in [6, 6.07) is 0.598. The average Bonchev–Trinajstić information content (AvgIpc) is 3.44. The fourth-order valence-electron chi connectivity index (χ4n) is 4.53. The van der Waals surface area contributed by atoms with Crippen LogP contribution in [0.3, 0.4) is 0 Å². The maximum Gasteiger partial charge on any atom is 0.472 e. The number of esters is 2. The molecule has 2 amide bonds. The van der Waals surface area contributed by atoms with Gasteiger partial charge in [0.2, 0.25) is 0 Å². The predicted octanol–water partition coefficient (Wildman–Crippen LogP) is 2.08. The molecule has 2 fully saturated rings. The molecule has 15 heteroatoms. The first kappa shape index (κ1) is 34.8. The molecule has 232 valence electrons. The highest BCUT2D eigenvalue weighted by molar-refractivity contribution is 8.00. The van der Waals surface area contributed by atoms with Crippen LogP contribution < -0.4 is 21.3 Å². The molecule has 5 atom stereocenters. The van der Waals surface area contributed by atoms with Gasteiger partial charge in [-0.25, -0.2) is 9.36 Å². The number of fused-ring (bicyclic) bond motifs is 1. The molecule has 13 nitrogen and oxygen atoms in total. The van der Waals surface area contributed by atoms with E-state index in [0.717, 1.165) is 57.5 Å². The van der Waals surface area contributed by atoms with Crippen LogP contribution in [-0.4, -0.2) is 98.1 Å². The number of urea groups is 1. The molecule has 2 aliphatic rings. The van der Waals surface area contributed by atoms with Gasteiger partial charge in [0.25, 0.3) is 0 Å². The van der Waals surface area contributed by atoms with Gasteiger partial charge < -0.3 is 35.6 Å². The first-order valence-electron chi connectivity index (χ1n) is 14.2. The van der Waals surface area contributed by atoms with E-state index in [9.17, 15) is 23.8 Å². The highest BCUT2D eigenvalue weighted by Gasteiger charge is 2.42. The van der Waals surface area contributed by atoms with E-state index in [4.69, 9.17) is 18.5 Å². The molecule has 3 unspecified atom stereocenters. The van der Waals surface area contributed by atoms with Gasteiger partial charge >= 0.3 is 25.8 Å². The molecule has 0 aromatic rings. The molecule has 0 saturated carbocycles. The van der Waals surface area contributed by atoms with Gasteiger partial charge in [0.15, 0.2) is 6.10 Å². The van der Waals surface area contributed by atoms with Gasteiger partial charge in [-0.2, -0.15) is 11.8 Å². The lowest BCUT2D eigenvalue weighted by atomic mass is 10.0. The predicted molar refractivity (Wildman–Crippen MR) is 152 cm³/mol. The lowest BCUT2D eigenvalue weighted by Gasteiger charge is -2.18. The normalized spacial score (nSPS) is 22.2. The maximum absolute atomic E-state index is 12.0. The third-order valence-corrected chi connectivity index (χ3v) is 8.99. The maximum atomic E-state index is 12.0. The zero-order valence-electron chi connectivity index (χ0n) is 23.7. The number of phosphoric ester groups is 1. The first-order chi connectivity index (χ1) is 19.2. The minimum atomic E-state index is -4.33. The van der Waals surface area contributed by atoms with Crippen molar-refractivity contribution in [3.8, 4) is 0 Å². The SMILES string of the molecule is CC(=O)OCC(COP(=O)(O)OCCNCCCCCCNCCCCCC1SC[C@@H]2NC(=O)N[C@H]12)OC(C)=O. The van der Waals surface area contributed by atoms with Crippen molar-refractivity contribution in [2.24, 2.45) is 0 Å². The fraction of sp³-hybridized carbons (Fsp3) is 0.880. The number of nitrogens with one attached hydrogen (secondary N) is 4. The van der Waals surface area contributed by atoms with Gasteiger partial charge in [0.1, 0.15) is 6.61 Å². The van der Waals surface area contributed by atoms with E-state index in [1.807, 2.05) is 11.8 Å². The number of ether oxygens (including phenoxy) is 2. The van der Waals surface area contributed by atoms with E-state index >= 15 is 0 Å². The number of thioether (sulfide) groups is 1. The summed E-state index contributed by atoms with van der Waals surface area (Å²) in [5, 5.41) is 13.3. The molecule has 0 aliphatic carbocycles. The van der Waals surface area contributed by atoms with Crippen LogP contribution in [0.1, 0.15) is 65.2 Å². The van der Waals surface area contributed by atoms with Gasteiger partial charge in [-0.15, -0.1) is 0 Å². The van der Waals surface area contributed by atoms with E-state index < -0.39 is 32.5 Å². The number of amides is 2. The van der Waals surface area contributed by atoms with E-state index in [2.05, 4.69) is 21.3 Å². The number of phosphoric acid groups is 1. The van der Waals surface area contributed by atoms with Gasteiger partial charge in [0.05, 0.1) is 25.3 Å². The van der Waals surface area contributed by atoms with Crippen molar-refractivity contribution < 1.29 is 42.4 Å². The Morgan fingerprint density at radius 1 is 0.950 bits per heavy atom. The van der Waals surface area contributed by atoms with Gasteiger partial charge in [-0.05, 0) is 45.3 Å². The van der Waals surface area contributed by atoms with Crippen molar-refractivity contribution in [3.05, 3.63) is 0 Å². The second-order valence-electron chi connectivity index (χ2n) is 10.0. The molecular formula is C25H47N4O9PS. The number of hydrogen-bond donors (Lipinski definition) is 5. The highest BCUT2D eigenvalue weighted by atomic mass is 32.2. The summed E-state index contributed by atoms with van der Waals surface area (Å²) in [7, 11) is -4.33. The zero-order chi connectivity index (χ0) is 29.2. The second-order valence-corrected chi connectivity index (χ2v) is 12.7. The van der Waals surface area contributed by atoms with Gasteiger partial charge in [0, 0.05) is 31.4 Å². The first-order valence-corrected chi connectivity index (χ1v) is 16.7. The van der Waals surface area contributed by atoms with Crippen LogP contribution in [0, 0.1) is 0 Å². The largest absolute Gasteiger partial charge is 0.472 e. The molecule has 0 bridgehead atoms. The monoisotopic (exact) mass is 610 g/mol. The van der Waals surface area contributed by atoms with Gasteiger partial charge in [-0.3, -0.25) is 18.6 Å². The molecule has 5 N–H and O–H groups in total. The Kier molecular flexibility index (Phi) is 17.1. The van der Waals surface area contributed by atoms with E-state index in [0.29, 0.717) is 23.9 Å². The summed E-state index contributed by atoms with van der Waals surface area (Å²) in [6.07, 6.45) is 8.13. The number of unbranched alkanes of at least 4 members (excludes halogenated alkanes) is 5. The van der Waals surface area contributed by atoms with Crippen molar-refractivity contribution in [2.75, 3.05) is 51.8 Å². The minimum Gasteiger partial charge on any atom is -0.462 e. The van der Waals surface area contributed by atoms with Crippen LogP contribution >= 0.6 is 19.6 Å². The zero-order valence-corrected chi connectivity index (χ0v) is 25.4. The highest BCUT2D eigenvalue weighted by Crippen LogP contribution is 2.43. The van der Waals surface area contributed by atoms with E-state index in [1.54, 1.807) is 0 Å². The van der Waals surface area contributed by atoms with Crippen molar-refractivity contribution >= 4 is 37.6 Å². The van der Waals surface area contributed by atoms with Crippen molar-refractivity contribution in [1.82, 2.24) is 21.3 Å². The summed E-state index contributed by atoms with van der Waals surface area (Å²) in [4.78, 5) is 43.2. The number of hydrogen-bond acceptors (Lipinski definition) is 11. The Morgan fingerprint density at radius 2 is 1.60 bits per heavy atom. The molecule has 2 aliphatic heterocycles. The lowest BCUT2D eigenvalue weighted by Crippen LogP contribution is -2.36. The molecular weight excluding hydrogens is 563 g/mol. The van der Waals surface area contributed by atoms with Crippen LogP contribution in [0.5, 0.6) is 0 Å². The molecule has 40 heavy (non-hydrogen) atoms. The quantitative estimate of drug-likeness (QED) is 0.0494. The van der Waals surface area contributed by atoms with Gasteiger partial charge in [-0.1, -0.05) is 25.7 Å². The summed E-state index contributed by atoms with van der Waals surface area (Å²) < 4.78 is 31.4. The van der Waals surface area contributed by atoms with Crippen molar-refractivity contribution in [1.29, 1.82) is 0 Å². The molecule has 0 aromatic heterocycles. The minimum absolute atomic E-state index is 0.0157. The van der Waals surface area contributed by atoms with Crippen molar-refractivity contribution in [3.63, 3.8) is 0 Å². The topological polar surface area (TPSA) is 174 Å². The molecule has 0 radical (unpaired) electrons. The molecule has 2 saturated heterocycles. The van der Waals surface area contributed by atoms with Crippen molar-refractivity contribution in [2.45, 2.75) is 88.7 Å². The third kappa shape index (κ3) is 15.6. The third-order valence-electron chi connectivity index (χ3n) is 6.50. The Hall–Kier alpha value is -1.41. The average molecular weight is 611 g/mol. The smallest absolute Gasteiger partial charge is 0.462 e. The Labute approximate surface area is 241 Å². The van der Waals surface area contributed by atoms with E-state index in [-0.39, 0.29) is 19.2 Å². The van der Waals surface area contributed by atoms with Crippen LogP contribution in [0.15, 0.2) is 0 Å². The Bertz CT molecular complexity index is 825. The number of carbonyl (C=O) groups excluding carboxylic acids is 3. The number of carbonyl (C=O) groups is 3. The van der Waals surface area contributed by atoms with Crippen LogP contribution in [0.25, 0.3) is 0 Å². The molecule has 2 rings (SSSR count). The fourth-order valence-corrected chi connectivity index (χ4v) is 6.82. The second kappa shape index (κ2) is 19.7. The van der Waals surface area contributed by atoms with Crippen LogP contribution in [0.2, 0.25) is 0 Å². The number of rotatable bonds is 23. The summed E-state index contributed by atoms with van der Waals surface area (Å²) in [6.45, 7) is 4.86. The summed E-state index contributed by atoms with van der Waals surface area (Å²) in [5.74, 6) is -0.181. The Morgan fingerprint density at radius 3 is 2.25 bits per heavy atom. The summed E-state index contributed by atoms with van der Waals surface area (Å²) >= 11 is 1.98. The molecule has 0 aromatic carbocycles.